The molecule has 1 aromatic rings. The van der Waals surface area contributed by atoms with Gasteiger partial charge in [0.2, 0.25) is 0 Å². The van der Waals surface area contributed by atoms with Crippen molar-refractivity contribution in [2.45, 2.75) is 31.0 Å². The Morgan fingerprint density at radius 1 is 1.68 bits per heavy atom. The maximum Gasteiger partial charge on any atom is 0.328 e. The molecular formula is C10H13FN2O5S. The van der Waals surface area contributed by atoms with E-state index in [1.807, 2.05) is 0 Å². The molecule has 9 heteroatoms. The van der Waals surface area contributed by atoms with Crippen molar-refractivity contribution in [1.82, 2.24) is 9.55 Å². The van der Waals surface area contributed by atoms with Gasteiger partial charge in [0, 0.05) is 0 Å². The summed E-state index contributed by atoms with van der Waals surface area (Å²) in [4.78, 5) is 13.8. The van der Waals surface area contributed by atoms with Crippen molar-refractivity contribution in [2.75, 3.05) is 6.61 Å². The Balaban J connectivity index is 2.51. The third-order valence-corrected chi connectivity index (χ3v) is 3.41. The second-order valence-corrected chi connectivity index (χ2v) is 4.93. The molecule has 1 aliphatic heterocycles. The predicted octanol–water partition coefficient (Wildman–Crippen LogP) is -0.953. The molecule has 1 fully saturated rings. The molecule has 0 spiro atoms. The van der Waals surface area contributed by atoms with E-state index in [1.165, 1.54) is 6.92 Å². The van der Waals surface area contributed by atoms with Crippen LogP contribution in [-0.2, 0) is 4.74 Å². The van der Waals surface area contributed by atoms with E-state index in [9.17, 15) is 19.4 Å². The molecule has 1 aliphatic rings. The summed E-state index contributed by atoms with van der Waals surface area (Å²) in [6.07, 6.45) is -3.04. The van der Waals surface area contributed by atoms with Crippen LogP contribution in [0.1, 0.15) is 13.2 Å². The smallest absolute Gasteiger partial charge is 0.328 e. The van der Waals surface area contributed by atoms with Crippen LogP contribution in [0.5, 0.6) is 0 Å². The molecular weight excluding hydrogens is 279 g/mol. The summed E-state index contributed by atoms with van der Waals surface area (Å²) in [7, 11) is 0. The first kappa shape index (κ1) is 14.3. The zero-order valence-corrected chi connectivity index (χ0v) is 10.7. The van der Waals surface area contributed by atoms with E-state index in [0.717, 1.165) is 10.8 Å². The van der Waals surface area contributed by atoms with E-state index in [4.69, 9.17) is 9.84 Å². The lowest BCUT2D eigenvalue weighted by Crippen LogP contribution is -2.46. The van der Waals surface area contributed by atoms with Gasteiger partial charge in [-0.1, -0.05) is 12.2 Å². The quantitative estimate of drug-likeness (QED) is 0.523. The van der Waals surface area contributed by atoms with E-state index in [1.54, 1.807) is 0 Å². The minimum Gasteiger partial charge on any atom is -0.394 e. The number of aliphatic hydroxyl groups is 3. The first-order valence-corrected chi connectivity index (χ1v) is 5.87. The summed E-state index contributed by atoms with van der Waals surface area (Å²) < 4.78 is 19.0. The van der Waals surface area contributed by atoms with Gasteiger partial charge < -0.3 is 20.1 Å². The van der Waals surface area contributed by atoms with Gasteiger partial charge in [0.1, 0.15) is 22.4 Å². The van der Waals surface area contributed by atoms with Gasteiger partial charge in [-0.05, 0) is 6.92 Å². The molecule has 1 aromatic heterocycles. The summed E-state index contributed by atoms with van der Waals surface area (Å²) in [5, 5.41) is 29.0. The first-order chi connectivity index (χ1) is 8.78. The van der Waals surface area contributed by atoms with Crippen molar-refractivity contribution in [1.29, 1.82) is 0 Å². The Morgan fingerprint density at radius 3 is 2.84 bits per heavy atom. The van der Waals surface area contributed by atoms with E-state index in [0.29, 0.717) is 0 Å². The zero-order valence-electron chi connectivity index (χ0n) is 9.91. The van der Waals surface area contributed by atoms with Gasteiger partial charge in [0.15, 0.2) is 12.0 Å². The molecule has 0 aromatic carbocycles. The number of hydrogen-bond acceptors (Lipinski definition) is 6. The van der Waals surface area contributed by atoms with E-state index >= 15 is 0 Å². The summed E-state index contributed by atoms with van der Waals surface area (Å²) in [5.41, 5.74) is -2.65. The Bertz CT molecular complexity index is 598. The number of nitrogens with one attached hydrogen (secondary N) is 1. The highest BCUT2D eigenvalue weighted by molar-refractivity contribution is 7.71. The summed E-state index contributed by atoms with van der Waals surface area (Å²) in [5.74, 6) is -0.865. The SMILES string of the molecule is CC1(O)C(O)C(CO)OC1n1cc(F)c(=S)[nH]c1=O. The van der Waals surface area contributed by atoms with Crippen LogP contribution in [0.25, 0.3) is 0 Å². The average Bonchev–Trinajstić information content (AvgIpc) is 2.56. The summed E-state index contributed by atoms with van der Waals surface area (Å²) in [6.45, 7) is 0.678. The highest BCUT2D eigenvalue weighted by Crippen LogP contribution is 2.37. The van der Waals surface area contributed by atoms with Crippen LogP contribution >= 0.6 is 12.2 Å². The van der Waals surface area contributed by atoms with Crippen molar-refractivity contribution in [2.24, 2.45) is 0 Å². The lowest BCUT2D eigenvalue weighted by molar-refractivity contribution is -0.0990. The number of aliphatic hydroxyl groups excluding tert-OH is 2. The third kappa shape index (κ3) is 2.23. The summed E-state index contributed by atoms with van der Waals surface area (Å²) in [6, 6.07) is 0. The highest BCUT2D eigenvalue weighted by Gasteiger charge is 2.53. The number of aromatic amines is 1. The standard InChI is InChI=1S/C10H13FN2O5S/c1-10(17)6(15)5(3-14)18-8(10)13-2-4(11)7(19)12-9(13)16/h2,5-6,8,14-15,17H,3H2,1H3,(H,12,16,19). The fourth-order valence-corrected chi connectivity index (χ4v) is 2.17. The van der Waals surface area contributed by atoms with Crippen molar-refractivity contribution < 1.29 is 24.4 Å². The molecule has 4 unspecified atom stereocenters. The van der Waals surface area contributed by atoms with E-state index in [2.05, 4.69) is 17.2 Å². The predicted molar refractivity (Wildman–Crippen MR) is 63.5 cm³/mol. The highest BCUT2D eigenvalue weighted by atomic mass is 32.1. The van der Waals surface area contributed by atoms with Gasteiger partial charge in [-0.2, -0.15) is 0 Å². The molecule has 0 aliphatic carbocycles. The minimum absolute atomic E-state index is 0.363. The van der Waals surface area contributed by atoms with Gasteiger partial charge in [-0.15, -0.1) is 0 Å². The van der Waals surface area contributed by atoms with Gasteiger partial charge in [-0.3, -0.25) is 9.55 Å². The van der Waals surface area contributed by atoms with Crippen LogP contribution in [0.4, 0.5) is 4.39 Å². The Morgan fingerprint density at radius 2 is 2.32 bits per heavy atom. The van der Waals surface area contributed by atoms with Crippen molar-refractivity contribution in [3.63, 3.8) is 0 Å². The number of ether oxygens (including phenoxy) is 1. The number of hydrogen-bond donors (Lipinski definition) is 4. The van der Waals surface area contributed by atoms with Crippen LogP contribution in [0.15, 0.2) is 11.0 Å². The van der Waals surface area contributed by atoms with E-state index in [-0.39, 0.29) is 4.64 Å². The molecule has 0 radical (unpaired) electrons. The normalized spacial score (nSPS) is 34.7. The third-order valence-electron chi connectivity index (χ3n) is 3.11. The Kier molecular flexibility index (Phi) is 3.58. The second kappa shape index (κ2) is 4.76. The zero-order chi connectivity index (χ0) is 14.4. The first-order valence-electron chi connectivity index (χ1n) is 5.46. The van der Waals surface area contributed by atoms with Crippen LogP contribution in [-0.4, -0.2) is 49.3 Å². The van der Waals surface area contributed by atoms with Gasteiger partial charge in [0.05, 0.1) is 12.8 Å². The average molecular weight is 292 g/mol. The number of aromatic nitrogens is 2. The van der Waals surface area contributed by atoms with Crippen LogP contribution in [0, 0.1) is 10.5 Å². The molecule has 0 bridgehead atoms. The van der Waals surface area contributed by atoms with Gasteiger partial charge >= 0.3 is 5.69 Å². The molecule has 4 atom stereocenters. The monoisotopic (exact) mass is 292 g/mol. The van der Waals surface area contributed by atoms with Crippen LogP contribution in [0.3, 0.4) is 0 Å². The second-order valence-electron chi connectivity index (χ2n) is 4.52. The lowest BCUT2D eigenvalue weighted by atomic mass is 9.96. The van der Waals surface area contributed by atoms with Gasteiger partial charge in [-0.25, -0.2) is 9.18 Å². The van der Waals surface area contributed by atoms with Crippen LogP contribution < -0.4 is 5.69 Å². The largest absolute Gasteiger partial charge is 0.394 e. The molecule has 0 amide bonds. The molecule has 2 heterocycles. The Labute approximate surface area is 111 Å². The fourth-order valence-electron chi connectivity index (χ4n) is 2.03. The van der Waals surface area contributed by atoms with Crippen LogP contribution in [0.2, 0.25) is 0 Å². The number of nitrogens with zero attached hydrogens (tertiary/aromatic N) is 1. The van der Waals surface area contributed by atoms with Gasteiger partial charge in [0.25, 0.3) is 0 Å². The lowest BCUT2D eigenvalue weighted by Gasteiger charge is -2.27. The minimum atomic E-state index is -1.86. The summed E-state index contributed by atoms with van der Waals surface area (Å²) >= 11 is 4.56. The maximum absolute atomic E-state index is 13.4. The molecule has 106 valence electrons. The van der Waals surface area contributed by atoms with E-state index < -0.39 is 42.2 Å². The molecule has 19 heavy (non-hydrogen) atoms. The van der Waals surface area contributed by atoms with Crippen molar-refractivity contribution >= 4 is 12.2 Å². The number of halogens is 1. The fraction of sp³-hybridized carbons (Fsp3) is 0.600. The molecule has 1 saturated heterocycles. The van der Waals surface area contributed by atoms with Crippen molar-refractivity contribution in [3.8, 4) is 0 Å². The topological polar surface area (TPSA) is 108 Å². The number of H-pyrrole nitrogens is 1. The molecule has 4 N–H and O–H groups in total. The van der Waals surface area contributed by atoms with Crippen molar-refractivity contribution in [3.05, 3.63) is 27.1 Å². The number of rotatable bonds is 2. The molecule has 2 rings (SSSR count). The Hall–Kier alpha value is -1.13. The molecule has 0 saturated carbocycles. The molecule has 7 nitrogen and oxygen atoms in total. The maximum atomic E-state index is 13.4.